The van der Waals surface area contributed by atoms with Crippen molar-refractivity contribution in [1.82, 2.24) is 0 Å². The first-order chi connectivity index (χ1) is 38.3. The maximum Gasteiger partial charge on any atom is 0.305 e. The number of rotatable bonds is 22. The minimum atomic E-state index is -2.31. The molecule has 4 aliphatic heterocycles. The molecule has 0 bridgehead atoms. The van der Waals surface area contributed by atoms with Gasteiger partial charge < -0.3 is 94.7 Å². The summed E-state index contributed by atoms with van der Waals surface area (Å²) in [5.41, 5.74) is 0. The number of carbonyl (C=O) groups excluding carboxylic acids is 13. The Hall–Kier alpha value is -7.17. The average Bonchev–Trinajstić information content (AvgIpc) is 3.55. The van der Waals surface area contributed by atoms with E-state index in [1.165, 1.54) is 0 Å². The van der Waals surface area contributed by atoms with E-state index < -0.39 is 221 Å². The van der Waals surface area contributed by atoms with Crippen LogP contribution in [0.15, 0.2) is 0 Å². The van der Waals surface area contributed by atoms with Crippen molar-refractivity contribution in [3.63, 3.8) is 0 Å². The van der Waals surface area contributed by atoms with Crippen molar-refractivity contribution in [3.8, 4) is 0 Å². The lowest BCUT2D eigenvalue weighted by Gasteiger charge is -2.51. The zero-order valence-electron chi connectivity index (χ0n) is 46.8. The Balaban J connectivity index is 2.16. The summed E-state index contributed by atoms with van der Waals surface area (Å²) >= 11 is 0. The third-order valence-electron chi connectivity index (χ3n) is 11.4. The van der Waals surface area contributed by atoms with Crippen LogP contribution in [0.4, 0.5) is 0 Å². The van der Waals surface area contributed by atoms with Gasteiger partial charge in [-0.25, -0.2) is 0 Å². The smallest absolute Gasteiger partial charge is 0.305 e. The zero-order valence-corrected chi connectivity index (χ0v) is 46.8. The van der Waals surface area contributed by atoms with E-state index in [0.717, 1.165) is 90.0 Å². The van der Waals surface area contributed by atoms with E-state index in [9.17, 15) is 62.3 Å². The fourth-order valence-corrected chi connectivity index (χ4v) is 8.82. The highest BCUT2D eigenvalue weighted by Crippen LogP contribution is 2.40. The Morgan fingerprint density at radius 3 is 0.951 bits per heavy atom. The molecule has 0 aromatic carbocycles. The van der Waals surface area contributed by atoms with Gasteiger partial charge in [0.1, 0.15) is 56.4 Å². The summed E-state index contributed by atoms with van der Waals surface area (Å²) in [6, 6.07) is 0. The summed E-state index contributed by atoms with van der Waals surface area (Å²) in [5, 5.41) is 0. The van der Waals surface area contributed by atoms with E-state index in [1.807, 2.05) is 0 Å². The fraction of sp³-hybridized carbons (Fsp3) is 0.735. The second-order valence-corrected chi connectivity index (χ2v) is 18.4. The van der Waals surface area contributed by atoms with Crippen LogP contribution in [0.2, 0.25) is 0 Å². The average molecular weight is 1180 g/mol. The van der Waals surface area contributed by atoms with Crippen LogP contribution in [0.3, 0.4) is 0 Å². The minimum absolute atomic E-state index is 0.718. The van der Waals surface area contributed by atoms with Gasteiger partial charge in [0.15, 0.2) is 67.7 Å². The van der Waals surface area contributed by atoms with Gasteiger partial charge >= 0.3 is 77.6 Å². The molecule has 1 unspecified atom stereocenters. The van der Waals surface area contributed by atoms with Crippen LogP contribution in [-0.4, -0.2) is 221 Å². The quantitative estimate of drug-likeness (QED) is 0.0862. The molecule has 0 aromatic rings. The molecule has 33 nitrogen and oxygen atoms in total. The summed E-state index contributed by atoms with van der Waals surface area (Å²) in [6.07, 6.45) is -37.4. The van der Waals surface area contributed by atoms with Crippen molar-refractivity contribution in [1.29, 1.82) is 0 Å². The van der Waals surface area contributed by atoms with E-state index >= 15 is 0 Å². The highest BCUT2D eigenvalue weighted by Gasteiger charge is 2.61. The Morgan fingerprint density at radius 2 is 0.549 bits per heavy atom. The van der Waals surface area contributed by atoms with Gasteiger partial charge in [-0.05, 0) is 0 Å². The van der Waals surface area contributed by atoms with E-state index in [-0.39, 0.29) is 0 Å². The Morgan fingerprint density at radius 1 is 0.268 bits per heavy atom. The molecule has 4 saturated heterocycles. The molecular formula is C49H66O33. The highest BCUT2D eigenvalue weighted by molar-refractivity contribution is 5.71. The summed E-state index contributed by atoms with van der Waals surface area (Å²) in [4.78, 5) is 165. The Kier molecular flexibility index (Phi) is 25.3. The predicted molar refractivity (Wildman–Crippen MR) is 252 cm³/mol. The zero-order chi connectivity index (χ0) is 61.4. The van der Waals surface area contributed by atoms with Gasteiger partial charge in [0.05, 0.1) is 6.61 Å². The van der Waals surface area contributed by atoms with Gasteiger partial charge in [-0.3, -0.25) is 62.3 Å². The molecule has 0 aromatic heterocycles. The first kappa shape index (κ1) is 67.3. The number of hydrogen-bond donors (Lipinski definition) is 0. The second kappa shape index (κ2) is 30.8. The minimum Gasteiger partial charge on any atom is -0.463 e. The first-order valence-corrected chi connectivity index (χ1v) is 25.0. The molecule has 19 atom stereocenters. The van der Waals surface area contributed by atoms with Crippen molar-refractivity contribution in [3.05, 3.63) is 0 Å². The van der Waals surface area contributed by atoms with Gasteiger partial charge in [-0.2, -0.15) is 0 Å². The molecule has 82 heavy (non-hydrogen) atoms. The Bertz CT molecular complexity index is 2350. The normalized spacial score (nSPS) is 32.3. The molecule has 0 saturated carbocycles. The van der Waals surface area contributed by atoms with Gasteiger partial charge in [0, 0.05) is 90.0 Å². The van der Waals surface area contributed by atoms with E-state index in [4.69, 9.17) is 94.7 Å². The lowest BCUT2D eigenvalue weighted by atomic mass is 9.94. The van der Waals surface area contributed by atoms with Crippen LogP contribution in [0.25, 0.3) is 0 Å². The topological polar surface area (TPSA) is 407 Å². The number of hydrogen-bond acceptors (Lipinski definition) is 33. The number of ether oxygens (including phenoxy) is 20. The molecule has 0 radical (unpaired) electrons. The largest absolute Gasteiger partial charge is 0.463 e. The maximum atomic E-state index is 13.3. The molecule has 4 fully saturated rings. The third kappa shape index (κ3) is 20.1. The van der Waals surface area contributed by atoms with Crippen molar-refractivity contribution < 1.29 is 157 Å². The summed E-state index contributed by atoms with van der Waals surface area (Å²) in [6.45, 7) is 9.05. The van der Waals surface area contributed by atoms with Crippen LogP contribution >= 0.6 is 0 Å². The predicted octanol–water partition coefficient (Wildman–Crippen LogP) is -1.69. The summed E-state index contributed by atoms with van der Waals surface area (Å²) in [5.74, 6) is -13.4. The van der Waals surface area contributed by atoms with Crippen LogP contribution in [-0.2, 0) is 157 Å². The van der Waals surface area contributed by atoms with Crippen LogP contribution in [0.1, 0.15) is 90.0 Å². The highest BCUT2D eigenvalue weighted by atomic mass is 16.8. The van der Waals surface area contributed by atoms with Gasteiger partial charge in [-0.15, -0.1) is 0 Å². The standard InChI is InChI=1S/C49H66O33/c1-18(50)63-14-32-35(68-22(5)54)39(71-25(8)57)44(75-29(12)61)48(78-32)81-41-36(69-23(6)55)33(15-64-19(2)51)79-49(45(41)82-46-42(73-27(10)59)38(70-24(7)56)31(17-66-46)67-21(4)53)80-37-34(16-65-20(3)52)77-47(76-30(13)62)43(74-28(11)60)40(37)72-26(9)58/h31-49H,14-17H2,1-13H3/t31-,32-,33-,34-,35-,36-,37-,38+,39+,40+,41+,42-,43-,44+,45+,46+,47?,48-,49+/m1/s1. The SMILES string of the molecule is CC(=O)OC[C@H]1O[C@H](O[C@@H]2[C@H](O[C@@H]3OC[C@@H](OC(C)=O)[C@H](OC(C)=O)[C@H]3OC(C)=O)[C@H](O[C@H]3[C@H](OC(C)=O)[C@@H](OC(C)=O)C(OC(C)=O)O[C@@H]3COC(C)=O)O[C@H](COC(C)=O)[C@H]2OC(C)=O)[C@@H](OC(C)=O)[C@@H](OC(C)=O)[C@@H]1OC(C)=O. The van der Waals surface area contributed by atoms with Crippen molar-refractivity contribution in [2.24, 2.45) is 0 Å². The summed E-state index contributed by atoms with van der Waals surface area (Å²) in [7, 11) is 0. The first-order valence-electron chi connectivity index (χ1n) is 25.0. The van der Waals surface area contributed by atoms with Crippen molar-refractivity contribution in [2.75, 3.05) is 26.4 Å². The monoisotopic (exact) mass is 1180 g/mol. The molecule has 4 aliphatic rings. The molecule has 4 rings (SSSR count). The number of carbonyl (C=O) groups is 13. The second-order valence-electron chi connectivity index (χ2n) is 18.4. The molecule has 0 aliphatic carbocycles. The maximum absolute atomic E-state index is 13.3. The van der Waals surface area contributed by atoms with Crippen molar-refractivity contribution in [2.45, 2.75) is 207 Å². The Labute approximate surface area is 467 Å². The van der Waals surface area contributed by atoms with E-state index in [0.29, 0.717) is 0 Å². The molecule has 0 amide bonds. The van der Waals surface area contributed by atoms with Gasteiger partial charge in [0.25, 0.3) is 0 Å². The summed E-state index contributed by atoms with van der Waals surface area (Å²) < 4.78 is 116. The van der Waals surface area contributed by atoms with Crippen molar-refractivity contribution >= 4 is 77.6 Å². The lowest BCUT2D eigenvalue weighted by molar-refractivity contribution is -0.401. The molecule has 0 spiro atoms. The van der Waals surface area contributed by atoms with Crippen LogP contribution in [0.5, 0.6) is 0 Å². The molecular weight excluding hydrogens is 1120 g/mol. The third-order valence-corrected chi connectivity index (χ3v) is 11.4. The van der Waals surface area contributed by atoms with Crippen LogP contribution < -0.4 is 0 Å². The van der Waals surface area contributed by atoms with Crippen LogP contribution in [0, 0.1) is 0 Å². The van der Waals surface area contributed by atoms with Gasteiger partial charge in [0.2, 0.25) is 12.4 Å². The van der Waals surface area contributed by atoms with E-state index in [1.54, 1.807) is 0 Å². The van der Waals surface area contributed by atoms with E-state index in [2.05, 4.69) is 0 Å². The molecule has 0 N–H and O–H groups in total. The van der Waals surface area contributed by atoms with Gasteiger partial charge in [-0.1, -0.05) is 0 Å². The molecule has 33 heteroatoms. The molecule has 4 heterocycles. The number of esters is 13. The molecule has 460 valence electrons. The fourth-order valence-electron chi connectivity index (χ4n) is 8.82. The lowest BCUT2D eigenvalue weighted by Crippen LogP contribution is -2.70.